The van der Waals surface area contributed by atoms with E-state index in [0.717, 1.165) is 6.07 Å². The third-order valence-corrected chi connectivity index (χ3v) is 3.08. The lowest BCUT2D eigenvalue weighted by Crippen LogP contribution is -2.32. The molecule has 2 N–H and O–H groups in total. The number of rotatable bonds is 4. The molecule has 0 aliphatic heterocycles. The van der Waals surface area contributed by atoms with E-state index in [9.17, 15) is 14.0 Å². The van der Waals surface area contributed by atoms with Crippen molar-refractivity contribution in [1.29, 1.82) is 0 Å². The average molecular weight is 360 g/mol. The first kappa shape index (κ1) is 19.2. The Hall–Kier alpha value is -3.09. The summed E-state index contributed by atoms with van der Waals surface area (Å²) in [7, 11) is 0. The van der Waals surface area contributed by atoms with Gasteiger partial charge in [-0.3, -0.25) is 5.32 Å². The number of hydrogen-bond donors (Lipinski definition) is 2. The van der Waals surface area contributed by atoms with Crippen molar-refractivity contribution in [3.05, 3.63) is 59.9 Å². The lowest BCUT2D eigenvalue weighted by Gasteiger charge is -2.19. The molecule has 2 rings (SSSR count). The van der Waals surface area contributed by atoms with Gasteiger partial charge in [0.05, 0.1) is 0 Å². The van der Waals surface area contributed by atoms with Crippen molar-refractivity contribution in [3.63, 3.8) is 0 Å². The molecule has 0 saturated carbocycles. The Morgan fingerprint density at radius 1 is 1.04 bits per heavy atom. The summed E-state index contributed by atoms with van der Waals surface area (Å²) >= 11 is 0. The van der Waals surface area contributed by atoms with Gasteiger partial charge in [-0.05, 0) is 45.0 Å². The van der Waals surface area contributed by atoms with Gasteiger partial charge >= 0.3 is 12.2 Å². The Bertz CT molecular complexity index is 773. The van der Waals surface area contributed by atoms with E-state index >= 15 is 0 Å². The number of amides is 2. The van der Waals surface area contributed by atoms with Crippen LogP contribution in [0.2, 0.25) is 0 Å². The van der Waals surface area contributed by atoms with Crippen LogP contribution in [0.25, 0.3) is 0 Å². The van der Waals surface area contributed by atoms with E-state index in [2.05, 4.69) is 10.6 Å². The van der Waals surface area contributed by atoms with Gasteiger partial charge in [0.25, 0.3) is 0 Å². The molecular formula is C19H21FN2O4. The lowest BCUT2D eigenvalue weighted by molar-refractivity contribution is 0.0523. The van der Waals surface area contributed by atoms with Crippen LogP contribution in [-0.4, -0.2) is 17.8 Å². The van der Waals surface area contributed by atoms with E-state index in [0.29, 0.717) is 5.75 Å². The molecule has 6 nitrogen and oxygen atoms in total. The van der Waals surface area contributed by atoms with E-state index in [4.69, 9.17) is 9.47 Å². The Kier molecular flexibility index (Phi) is 6.16. The molecule has 2 aromatic carbocycles. The van der Waals surface area contributed by atoms with E-state index in [1.807, 2.05) is 0 Å². The summed E-state index contributed by atoms with van der Waals surface area (Å²) in [4.78, 5) is 23.4. The van der Waals surface area contributed by atoms with Crippen molar-refractivity contribution in [2.24, 2.45) is 0 Å². The van der Waals surface area contributed by atoms with Gasteiger partial charge in [-0.15, -0.1) is 0 Å². The molecule has 0 radical (unpaired) electrons. The Balaban J connectivity index is 1.90. The smallest absolute Gasteiger partial charge is 0.417 e. The molecule has 0 unspecified atom stereocenters. The number of benzene rings is 2. The highest BCUT2D eigenvalue weighted by Crippen LogP contribution is 2.16. The second kappa shape index (κ2) is 8.33. The van der Waals surface area contributed by atoms with Crippen molar-refractivity contribution in [1.82, 2.24) is 5.32 Å². The highest BCUT2D eigenvalue weighted by Gasteiger charge is 2.16. The molecule has 0 aromatic heterocycles. The monoisotopic (exact) mass is 360 g/mol. The van der Waals surface area contributed by atoms with Gasteiger partial charge in [0.15, 0.2) is 0 Å². The summed E-state index contributed by atoms with van der Waals surface area (Å²) in [6.07, 6.45) is -1.36. The second-order valence-electron chi connectivity index (χ2n) is 6.49. The Labute approximate surface area is 151 Å². The fraction of sp³-hybridized carbons (Fsp3) is 0.263. The number of ether oxygens (including phenoxy) is 2. The first-order valence-electron chi connectivity index (χ1n) is 8.02. The maximum atomic E-state index is 14.1. The van der Waals surface area contributed by atoms with Gasteiger partial charge < -0.3 is 14.8 Å². The molecule has 0 saturated heterocycles. The molecule has 2 aromatic rings. The molecule has 0 aliphatic rings. The lowest BCUT2D eigenvalue weighted by atomic mass is 10.2. The van der Waals surface area contributed by atoms with Crippen LogP contribution in [0, 0.1) is 5.82 Å². The third kappa shape index (κ3) is 6.43. The van der Waals surface area contributed by atoms with Crippen molar-refractivity contribution in [3.8, 4) is 5.75 Å². The molecule has 26 heavy (non-hydrogen) atoms. The summed E-state index contributed by atoms with van der Waals surface area (Å²) in [5.41, 5.74) is -0.127. The fourth-order valence-electron chi connectivity index (χ4n) is 1.99. The van der Waals surface area contributed by atoms with E-state index in [1.54, 1.807) is 51.1 Å². The van der Waals surface area contributed by atoms with Crippen molar-refractivity contribution in [2.45, 2.75) is 32.9 Å². The predicted molar refractivity (Wildman–Crippen MR) is 95.6 cm³/mol. The van der Waals surface area contributed by atoms with Crippen LogP contribution in [0.5, 0.6) is 5.75 Å². The number of anilines is 1. The summed E-state index contributed by atoms with van der Waals surface area (Å²) < 4.78 is 24.3. The van der Waals surface area contributed by atoms with E-state index < -0.39 is 23.6 Å². The number of halogens is 1. The van der Waals surface area contributed by atoms with Crippen LogP contribution in [-0.2, 0) is 11.3 Å². The van der Waals surface area contributed by atoms with Gasteiger partial charge in [-0.25, -0.2) is 14.0 Å². The second-order valence-corrected chi connectivity index (χ2v) is 6.49. The van der Waals surface area contributed by atoms with Crippen LogP contribution in [0.4, 0.5) is 19.7 Å². The zero-order valence-corrected chi connectivity index (χ0v) is 14.8. The number of hydrogen-bond acceptors (Lipinski definition) is 4. The molecule has 0 bridgehead atoms. The first-order valence-corrected chi connectivity index (χ1v) is 8.02. The molecule has 138 valence electrons. The molecule has 0 fully saturated rings. The van der Waals surface area contributed by atoms with Gasteiger partial charge in [0.1, 0.15) is 17.2 Å². The van der Waals surface area contributed by atoms with Gasteiger partial charge in [0, 0.05) is 17.8 Å². The summed E-state index contributed by atoms with van der Waals surface area (Å²) in [6, 6.07) is 12.6. The van der Waals surface area contributed by atoms with Crippen LogP contribution < -0.4 is 15.4 Å². The first-order chi connectivity index (χ1) is 12.2. The summed E-state index contributed by atoms with van der Waals surface area (Å²) in [6.45, 7) is 5.18. The summed E-state index contributed by atoms with van der Waals surface area (Å²) in [5.74, 6) is -0.192. The molecule has 0 aliphatic carbocycles. The van der Waals surface area contributed by atoms with E-state index in [-0.39, 0.29) is 17.8 Å². The molecule has 0 atom stereocenters. The molecule has 2 amide bonds. The molecule has 0 heterocycles. The summed E-state index contributed by atoms with van der Waals surface area (Å²) in [5, 5.41) is 4.92. The number of para-hydroxylation sites is 1. The van der Waals surface area contributed by atoms with Crippen LogP contribution in [0.1, 0.15) is 26.3 Å². The minimum Gasteiger partial charge on any atom is -0.444 e. The van der Waals surface area contributed by atoms with Crippen LogP contribution in [0.15, 0.2) is 48.5 Å². The zero-order valence-electron chi connectivity index (χ0n) is 14.8. The molecule has 0 spiro atoms. The van der Waals surface area contributed by atoms with Crippen LogP contribution >= 0.6 is 0 Å². The van der Waals surface area contributed by atoms with Crippen molar-refractivity contribution >= 4 is 17.9 Å². The van der Waals surface area contributed by atoms with Gasteiger partial charge in [0.2, 0.25) is 0 Å². The Morgan fingerprint density at radius 3 is 2.35 bits per heavy atom. The minimum absolute atomic E-state index is 0.0323. The third-order valence-electron chi connectivity index (χ3n) is 3.08. The van der Waals surface area contributed by atoms with Crippen molar-refractivity contribution in [2.75, 3.05) is 5.32 Å². The molecule has 7 heteroatoms. The number of carbonyl (C=O) groups excluding carboxylic acids is 2. The normalized spacial score (nSPS) is 10.8. The number of carbonyl (C=O) groups is 2. The highest BCUT2D eigenvalue weighted by atomic mass is 19.1. The van der Waals surface area contributed by atoms with Gasteiger partial charge in [-0.1, -0.05) is 24.3 Å². The average Bonchev–Trinajstić information content (AvgIpc) is 2.53. The zero-order chi connectivity index (χ0) is 19.2. The largest absolute Gasteiger partial charge is 0.444 e. The van der Waals surface area contributed by atoms with Crippen molar-refractivity contribution < 1.29 is 23.5 Å². The minimum atomic E-state index is -0.727. The maximum absolute atomic E-state index is 14.1. The quantitative estimate of drug-likeness (QED) is 0.844. The SMILES string of the molecule is CC(C)(C)OC(=O)NCc1ccc(NC(=O)Oc2ccccc2)cc1F. The van der Waals surface area contributed by atoms with Crippen LogP contribution in [0.3, 0.4) is 0 Å². The number of nitrogens with one attached hydrogen (secondary N) is 2. The highest BCUT2D eigenvalue weighted by molar-refractivity contribution is 5.86. The topological polar surface area (TPSA) is 76.7 Å². The van der Waals surface area contributed by atoms with E-state index in [1.165, 1.54) is 12.1 Å². The maximum Gasteiger partial charge on any atom is 0.417 e. The predicted octanol–water partition coefficient (Wildman–Crippen LogP) is 4.46. The standard InChI is InChI=1S/C19H21FN2O4/c1-19(2,3)26-17(23)21-12-13-9-10-14(11-16(13)20)22-18(24)25-15-7-5-4-6-8-15/h4-11H,12H2,1-3H3,(H,21,23)(H,22,24). The van der Waals surface area contributed by atoms with Gasteiger partial charge in [-0.2, -0.15) is 0 Å². The molecular weight excluding hydrogens is 339 g/mol. The fourth-order valence-corrected chi connectivity index (χ4v) is 1.99. The number of alkyl carbamates (subject to hydrolysis) is 1. The Morgan fingerprint density at radius 2 is 1.73 bits per heavy atom.